The maximum atomic E-state index is 13.4. The molecule has 0 aliphatic rings. The van der Waals surface area contributed by atoms with Gasteiger partial charge in [-0.25, -0.2) is 0 Å². The number of carbonyl (C=O) groups excluding carboxylic acids is 1. The molecule has 39 heavy (non-hydrogen) atoms. The van der Waals surface area contributed by atoms with Gasteiger partial charge in [-0.15, -0.1) is 10.2 Å². The second kappa shape index (κ2) is 11.7. The number of rotatable bonds is 11. The van der Waals surface area contributed by atoms with E-state index >= 15 is 0 Å². The molecule has 1 amide bonds. The number of para-hydroxylation sites is 1. The van der Waals surface area contributed by atoms with Gasteiger partial charge in [0.15, 0.2) is 0 Å². The van der Waals surface area contributed by atoms with E-state index in [-0.39, 0.29) is 17.9 Å². The molecule has 9 nitrogen and oxygen atoms in total. The highest BCUT2D eigenvalue weighted by Gasteiger charge is 2.18. The summed E-state index contributed by atoms with van der Waals surface area (Å²) in [7, 11) is 0. The van der Waals surface area contributed by atoms with Crippen molar-refractivity contribution in [2.45, 2.75) is 52.7 Å². The summed E-state index contributed by atoms with van der Waals surface area (Å²) >= 11 is 0. The van der Waals surface area contributed by atoms with Gasteiger partial charge in [0, 0.05) is 32.0 Å². The lowest BCUT2D eigenvalue weighted by atomic mass is 10.1. The molecule has 0 unspecified atom stereocenters. The van der Waals surface area contributed by atoms with Crippen LogP contribution in [0.3, 0.4) is 0 Å². The Bertz CT molecular complexity index is 1620. The lowest BCUT2D eigenvalue weighted by Gasteiger charge is -2.25. The maximum Gasteiger partial charge on any atom is 0.263 e. The highest BCUT2D eigenvalue weighted by atomic mass is 16.3. The van der Waals surface area contributed by atoms with Crippen molar-refractivity contribution in [3.05, 3.63) is 100.0 Å². The van der Waals surface area contributed by atoms with Gasteiger partial charge >= 0.3 is 0 Å². The van der Waals surface area contributed by atoms with Gasteiger partial charge in [-0.2, -0.15) is 0 Å². The van der Waals surface area contributed by atoms with Crippen molar-refractivity contribution in [1.82, 2.24) is 29.4 Å². The van der Waals surface area contributed by atoms with Gasteiger partial charge in [0.05, 0.1) is 30.3 Å². The quantitative estimate of drug-likeness (QED) is 0.280. The minimum Gasteiger partial charge on any atom is -0.468 e. The number of nitrogens with one attached hydrogen (secondary N) is 1. The number of carbonyl (C=O) groups is 1. The Kier molecular flexibility index (Phi) is 7.88. The highest BCUT2D eigenvalue weighted by molar-refractivity contribution is 5.80. The summed E-state index contributed by atoms with van der Waals surface area (Å²) < 4.78 is 9.04. The molecule has 0 saturated carbocycles. The number of aromatic nitrogens is 4. The first kappa shape index (κ1) is 26.4. The van der Waals surface area contributed by atoms with Gasteiger partial charge < -0.3 is 9.73 Å². The average molecular weight is 527 g/mol. The molecule has 0 aliphatic carbocycles. The summed E-state index contributed by atoms with van der Waals surface area (Å²) in [6, 6.07) is 19.7. The van der Waals surface area contributed by atoms with Gasteiger partial charge in [-0.1, -0.05) is 42.0 Å². The molecule has 0 atom stereocenters. The van der Waals surface area contributed by atoms with Crippen molar-refractivity contribution in [2.75, 3.05) is 13.1 Å². The predicted octanol–water partition coefficient (Wildman–Crippen LogP) is 3.95. The van der Waals surface area contributed by atoms with Crippen molar-refractivity contribution in [3.8, 4) is 0 Å². The molecule has 0 fully saturated rings. The zero-order chi connectivity index (χ0) is 27.4. The minimum absolute atomic E-state index is 0.0502. The summed E-state index contributed by atoms with van der Waals surface area (Å²) in [6.07, 6.45) is 2.35. The molecule has 5 rings (SSSR count). The monoisotopic (exact) mass is 526 g/mol. The first-order valence-electron chi connectivity index (χ1n) is 13.3. The maximum absolute atomic E-state index is 13.4. The topological polar surface area (TPSA) is 97.7 Å². The van der Waals surface area contributed by atoms with E-state index in [0.29, 0.717) is 55.6 Å². The fourth-order valence-corrected chi connectivity index (χ4v) is 4.77. The minimum atomic E-state index is -0.111. The number of benzene rings is 2. The zero-order valence-electron chi connectivity index (χ0n) is 22.6. The van der Waals surface area contributed by atoms with Crippen molar-refractivity contribution in [3.63, 3.8) is 0 Å². The fourth-order valence-electron chi connectivity index (χ4n) is 4.77. The third kappa shape index (κ3) is 5.93. The Morgan fingerprint density at radius 3 is 2.59 bits per heavy atom. The van der Waals surface area contributed by atoms with E-state index < -0.39 is 0 Å². The average Bonchev–Trinajstić information content (AvgIpc) is 3.60. The van der Waals surface area contributed by atoms with E-state index in [1.165, 1.54) is 0 Å². The van der Waals surface area contributed by atoms with Crippen LogP contribution in [0.2, 0.25) is 0 Å². The number of fused-ring (bicyclic) bond motifs is 3. The normalized spacial score (nSPS) is 11.7. The fraction of sp³-hybridized carbons (Fsp3) is 0.333. The molecular weight excluding hydrogens is 492 g/mol. The first-order chi connectivity index (χ1) is 18.9. The van der Waals surface area contributed by atoms with Crippen LogP contribution in [0, 0.1) is 6.92 Å². The second-order valence-corrected chi connectivity index (χ2v) is 10.1. The van der Waals surface area contributed by atoms with Gasteiger partial charge in [-0.05, 0) is 50.6 Å². The van der Waals surface area contributed by atoms with Crippen LogP contribution in [0.4, 0.5) is 0 Å². The van der Waals surface area contributed by atoms with Gasteiger partial charge in [0.25, 0.3) is 5.56 Å². The van der Waals surface area contributed by atoms with E-state index in [9.17, 15) is 9.59 Å². The molecule has 0 spiro atoms. The predicted molar refractivity (Wildman–Crippen MR) is 151 cm³/mol. The van der Waals surface area contributed by atoms with E-state index in [1.807, 2.05) is 72.0 Å². The van der Waals surface area contributed by atoms with Crippen LogP contribution >= 0.6 is 0 Å². The molecule has 0 radical (unpaired) electrons. The molecule has 5 aromatic rings. The van der Waals surface area contributed by atoms with E-state index in [2.05, 4.69) is 34.3 Å². The summed E-state index contributed by atoms with van der Waals surface area (Å²) in [5.41, 5.74) is 2.79. The van der Waals surface area contributed by atoms with Crippen LogP contribution in [-0.2, 0) is 24.3 Å². The van der Waals surface area contributed by atoms with E-state index in [4.69, 9.17) is 4.42 Å². The molecule has 0 bridgehead atoms. The van der Waals surface area contributed by atoms with Crippen LogP contribution in [0.1, 0.15) is 43.0 Å². The van der Waals surface area contributed by atoms with Crippen molar-refractivity contribution >= 4 is 22.6 Å². The molecule has 2 aromatic carbocycles. The van der Waals surface area contributed by atoms with Crippen molar-refractivity contribution < 1.29 is 9.21 Å². The first-order valence-corrected chi connectivity index (χ1v) is 13.3. The van der Waals surface area contributed by atoms with Crippen molar-refractivity contribution in [1.29, 1.82) is 0 Å². The highest BCUT2D eigenvalue weighted by Crippen LogP contribution is 2.17. The molecule has 202 valence electrons. The zero-order valence-corrected chi connectivity index (χ0v) is 22.6. The molecule has 3 heterocycles. The Hall–Kier alpha value is -4.24. The number of aryl methyl sites for hydroxylation is 2. The summed E-state index contributed by atoms with van der Waals surface area (Å²) in [6.45, 7) is 8.63. The lowest BCUT2D eigenvalue weighted by molar-refractivity contribution is -0.121. The Balaban J connectivity index is 1.30. The number of hydrogen-bond donors (Lipinski definition) is 1. The molecule has 0 saturated heterocycles. The molecular formula is C30H34N6O3. The van der Waals surface area contributed by atoms with Crippen LogP contribution in [0.15, 0.2) is 76.1 Å². The Labute approximate surface area is 227 Å². The second-order valence-electron chi connectivity index (χ2n) is 10.1. The number of nitrogens with zero attached hydrogens (tertiary/aromatic N) is 5. The third-order valence-electron chi connectivity index (χ3n) is 7.00. The number of amides is 1. The van der Waals surface area contributed by atoms with Gasteiger partial charge in [0.2, 0.25) is 11.7 Å². The van der Waals surface area contributed by atoms with Crippen molar-refractivity contribution in [2.24, 2.45) is 0 Å². The summed E-state index contributed by atoms with van der Waals surface area (Å²) in [4.78, 5) is 28.4. The van der Waals surface area contributed by atoms with Gasteiger partial charge in [-0.3, -0.25) is 23.5 Å². The van der Waals surface area contributed by atoms with Crippen LogP contribution in [0.5, 0.6) is 0 Å². The Morgan fingerprint density at radius 2 is 1.85 bits per heavy atom. The SMILES string of the molecule is Cc1ccc(Cn2c(=O)c3ccccc3n3c(CCC(=O)NCCN(Cc4ccco4)C(C)C)nnc23)cc1. The van der Waals surface area contributed by atoms with Gasteiger partial charge in [0.1, 0.15) is 11.6 Å². The van der Waals surface area contributed by atoms with E-state index in [0.717, 1.165) is 22.4 Å². The van der Waals surface area contributed by atoms with Crippen LogP contribution < -0.4 is 10.9 Å². The molecule has 3 aromatic heterocycles. The molecule has 9 heteroatoms. The van der Waals surface area contributed by atoms with E-state index in [1.54, 1.807) is 10.8 Å². The molecule has 0 aliphatic heterocycles. The number of furan rings is 1. The molecule has 1 N–H and O–H groups in total. The number of hydrogen-bond acceptors (Lipinski definition) is 6. The standard InChI is InChI=1S/C30H34N6O3/c1-21(2)34(20-24-7-6-18-39-24)17-16-31-28(37)15-14-27-32-33-30-35(19-23-12-10-22(3)11-13-23)29(38)25-8-4-5-9-26(25)36(27)30/h4-13,18,21H,14-17,19-20H2,1-3H3,(H,31,37). The summed E-state index contributed by atoms with van der Waals surface area (Å²) in [5.74, 6) is 1.98. The van der Waals surface area contributed by atoms with Crippen LogP contribution in [0.25, 0.3) is 16.7 Å². The largest absolute Gasteiger partial charge is 0.468 e. The summed E-state index contributed by atoms with van der Waals surface area (Å²) in [5, 5.41) is 12.4. The third-order valence-corrected chi connectivity index (χ3v) is 7.00. The Morgan fingerprint density at radius 1 is 1.05 bits per heavy atom. The lowest BCUT2D eigenvalue weighted by Crippen LogP contribution is -2.38. The smallest absolute Gasteiger partial charge is 0.263 e. The van der Waals surface area contributed by atoms with Crippen LogP contribution in [-0.4, -0.2) is 49.1 Å².